The van der Waals surface area contributed by atoms with E-state index in [2.05, 4.69) is 10.6 Å². The Bertz CT molecular complexity index is 1310. The third kappa shape index (κ3) is 3.80. The highest BCUT2D eigenvalue weighted by Crippen LogP contribution is 2.36. The van der Waals surface area contributed by atoms with Crippen molar-refractivity contribution in [1.82, 2.24) is 5.32 Å². The molecule has 2 N–H and O–H groups in total. The summed E-state index contributed by atoms with van der Waals surface area (Å²) in [6, 6.07) is 20.7. The molecule has 5 rings (SSSR count). The Morgan fingerprint density at radius 3 is 2.71 bits per heavy atom. The number of benzene rings is 3. The van der Waals surface area contributed by atoms with Crippen LogP contribution in [0.5, 0.6) is 0 Å². The number of hydrogen-bond donors (Lipinski definition) is 2. The second-order valence-electron chi connectivity index (χ2n) is 7.51. The van der Waals surface area contributed by atoms with Crippen LogP contribution < -0.4 is 10.6 Å². The predicted molar refractivity (Wildman–Crippen MR) is 121 cm³/mol. The quantitative estimate of drug-likeness (QED) is 0.444. The average molecular weight is 431 g/mol. The minimum absolute atomic E-state index is 0.00290. The third-order valence-corrected chi connectivity index (χ3v) is 5.69. The Morgan fingerprint density at radius 1 is 1.03 bits per heavy atom. The zero-order chi connectivity index (χ0) is 21.4. The number of hydrogen-bond acceptors (Lipinski definition) is 3. The number of amides is 2. The molecular weight excluding hydrogens is 412 g/mol. The maximum absolute atomic E-state index is 12.8. The topological polar surface area (TPSA) is 71.3 Å². The Balaban J connectivity index is 1.43. The van der Waals surface area contributed by atoms with Crippen molar-refractivity contribution in [1.29, 1.82) is 0 Å². The fourth-order valence-electron chi connectivity index (χ4n) is 3.95. The standard InChI is InChI=1S/C25H19ClN2O3/c26-18-8-10-21-19(13-18)24(15-4-2-1-3-5-15)22(31-21)14-27-25(30)17-6-9-20-16(12-17)7-11-23(29)28-20/h1-6,8-10,12-13H,7,11,14H2,(H,27,30)(H,28,29). The van der Waals surface area contributed by atoms with E-state index in [9.17, 15) is 9.59 Å². The van der Waals surface area contributed by atoms with Crippen LogP contribution in [0.4, 0.5) is 5.69 Å². The number of aryl methyl sites for hydroxylation is 1. The number of nitrogens with one attached hydrogen (secondary N) is 2. The van der Waals surface area contributed by atoms with Crippen molar-refractivity contribution in [2.45, 2.75) is 19.4 Å². The van der Waals surface area contributed by atoms with Gasteiger partial charge in [0, 0.05) is 33.6 Å². The highest BCUT2D eigenvalue weighted by molar-refractivity contribution is 6.31. The summed E-state index contributed by atoms with van der Waals surface area (Å²) in [5, 5.41) is 7.33. The van der Waals surface area contributed by atoms with Gasteiger partial charge in [0.05, 0.1) is 6.54 Å². The van der Waals surface area contributed by atoms with Gasteiger partial charge in [-0.25, -0.2) is 0 Å². The van der Waals surface area contributed by atoms with Crippen LogP contribution in [0.1, 0.15) is 28.1 Å². The zero-order valence-corrected chi connectivity index (χ0v) is 17.3. The molecule has 0 saturated heterocycles. The maximum atomic E-state index is 12.8. The summed E-state index contributed by atoms with van der Waals surface area (Å²) >= 11 is 6.22. The fraction of sp³-hybridized carbons (Fsp3) is 0.120. The summed E-state index contributed by atoms with van der Waals surface area (Å²) in [7, 11) is 0. The van der Waals surface area contributed by atoms with Gasteiger partial charge in [0.1, 0.15) is 11.3 Å². The highest BCUT2D eigenvalue weighted by atomic mass is 35.5. The first-order valence-corrected chi connectivity index (χ1v) is 10.4. The van der Waals surface area contributed by atoms with Gasteiger partial charge >= 0.3 is 0 Å². The predicted octanol–water partition coefficient (Wildman–Crippen LogP) is 5.57. The van der Waals surface area contributed by atoms with Gasteiger partial charge in [-0.3, -0.25) is 9.59 Å². The van der Waals surface area contributed by atoms with E-state index >= 15 is 0 Å². The van der Waals surface area contributed by atoms with Crippen molar-refractivity contribution >= 4 is 40.1 Å². The monoisotopic (exact) mass is 430 g/mol. The molecule has 0 atom stereocenters. The molecule has 154 valence electrons. The lowest BCUT2D eigenvalue weighted by Crippen LogP contribution is -2.24. The molecule has 0 aliphatic carbocycles. The average Bonchev–Trinajstić information content (AvgIpc) is 3.15. The van der Waals surface area contributed by atoms with Gasteiger partial charge in [-0.1, -0.05) is 41.9 Å². The van der Waals surface area contributed by atoms with Crippen LogP contribution in [0.2, 0.25) is 5.02 Å². The Labute approximate surface area is 184 Å². The van der Waals surface area contributed by atoms with Crippen molar-refractivity contribution in [2.24, 2.45) is 0 Å². The summed E-state index contributed by atoms with van der Waals surface area (Å²) in [5.41, 5.74) is 4.93. The van der Waals surface area contributed by atoms with Crippen LogP contribution >= 0.6 is 11.6 Å². The number of anilines is 1. The molecule has 4 aromatic rings. The van der Waals surface area contributed by atoms with Gasteiger partial charge in [0.15, 0.2) is 0 Å². The number of fused-ring (bicyclic) bond motifs is 2. The van der Waals surface area contributed by atoms with Crippen LogP contribution in [-0.2, 0) is 17.8 Å². The van der Waals surface area contributed by atoms with Gasteiger partial charge in [-0.2, -0.15) is 0 Å². The molecule has 5 nitrogen and oxygen atoms in total. The molecule has 3 aromatic carbocycles. The molecule has 2 heterocycles. The molecule has 2 amide bonds. The molecule has 0 unspecified atom stereocenters. The molecule has 1 aromatic heterocycles. The van der Waals surface area contributed by atoms with Gasteiger partial charge in [0.2, 0.25) is 5.91 Å². The molecule has 0 radical (unpaired) electrons. The first kappa shape index (κ1) is 19.4. The van der Waals surface area contributed by atoms with Gasteiger partial charge in [-0.05, 0) is 53.9 Å². The van der Waals surface area contributed by atoms with Crippen molar-refractivity contribution in [3.8, 4) is 11.1 Å². The SMILES string of the molecule is O=C1CCc2cc(C(=O)NCc3oc4ccc(Cl)cc4c3-c3ccccc3)ccc2N1. The van der Waals surface area contributed by atoms with Gasteiger partial charge in [-0.15, -0.1) is 0 Å². The van der Waals surface area contributed by atoms with E-state index in [1.54, 1.807) is 18.2 Å². The molecule has 1 aliphatic rings. The summed E-state index contributed by atoms with van der Waals surface area (Å²) in [6.45, 7) is 0.239. The smallest absolute Gasteiger partial charge is 0.251 e. The normalized spacial score (nSPS) is 13.0. The van der Waals surface area contributed by atoms with Gasteiger partial charge < -0.3 is 15.1 Å². The Kier molecular flexibility index (Phi) is 4.96. The van der Waals surface area contributed by atoms with Crippen LogP contribution in [-0.4, -0.2) is 11.8 Å². The fourth-order valence-corrected chi connectivity index (χ4v) is 4.13. The van der Waals surface area contributed by atoms with Crippen LogP contribution in [0.25, 0.3) is 22.1 Å². The minimum atomic E-state index is -0.197. The van der Waals surface area contributed by atoms with Crippen LogP contribution in [0, 0.1) is 0 Å². The van der Waals surface area contributed by atoms with E-state index in [1.165, 1.54) is 0 Å². The van der Waals surface area contributed by atoms with E-state index in [-0.39, 0.29) is 18.4 Å². The molecule has 0 saturated carbocycles. The summed E-state index contributed by atoms with van der Waals surface area (Å²) in [6.07, 6.45) is 1.06. The Morgan fingerprint density at radius 2 is 1.87 bits per heavy atom. The second kappa shape index (κ2) is 7.93. The lowest BCUT2D eigenvalue weighted by molar-refractivity contribution is -0.116. The molecule has 0 fully saturated rings. The van der Waals surface area contributed by atoms with E-state index in [0.29, 0.717) is 29.2 Å². The lowest BCUT2D eigenvalue weighted by atomic mass is 10.00. The number of rotatable bonds is 4. The van der Waals surface area contributed by atoms with Gasteiger partial charge in [0.25, 0.3) is 5.91 Å². The number of furan rings is 1. The molecule has 0 bridgehead atoms. The Hall–Kier alpha value is -3.57. The summed E-state index contributed by atoms with van der Waals surface area (Å²) in [5.74, 6) is 0.474. The van der Waals surface area contributed by atoms with Crippen LogP contribution in [0.3, 0.4) is 0 Å². The number of carbonyl (C=O) groups excluding carboxylic acids is 2. The first-order valence-electron chi connectivity index (χ1n) is 10.1. The molecule has 31 heavy (non-hydrogen) atoms. The third-order valence-electron chi connectivity index (χ3n) is 5.46. The van der Waals surface area contributed by atoms with Crippen molar-refractivity contribution < 1.29 is 14.0 Å². The summed E-state index contributed by atoms with van der Waals surface area (Å²) in [4.78, 5) is 24.4. The number of carbonyl (C=O) groups is 2. The van der Waals surface area contributed by atoms with Crippen molar-refractivity contribution in [3.63, 3.8) is 0 Å². The molecule has 0 spiro atoms. The van der Waals surface area contributed by atoms with E-state index < -0.39 is 0 Å². The maximum Gasteiger partial charge on any atom is 0.251 e. The molecular formula is C25H19ClN2O3. The van der Waals surface area contributed by atoms with Crippen molar-refractivity contribution in [3.05, 3.63) is 88.6 Å². The lowest BCUT2D eigenvalue weighted by Gasteiger charge is -2.17. The molecule has 6 heteroatoms. The highest BCUT2D eigenvalue weighted by Gasteiger charge is 2.19. The molecule has 1 aliphatic heterocycles. The van der Waals surface area contributed by atoms with Crippen LogP contribution in [0.15, 0.2) is 71.1 Å². The minimum Gasteiger partial charge on any atom is -0.459 e. The zero-order valence-electron chi connectivity index (χ0n) is 16.6. The second-order valence-corrected chi connectivity index (χ2v) is 7.95. The largest absolute Gasteiger partial charge is 0.459 e. The number of halogens is 1. The van der Waals surface area contributed by atoms with Crippen molar-refractivity contribution in [2.75, 3.05) is 5.32 Å². The first-order chi connectivity index (χ1) is 15.1. The van der Waals surface area contributed by atoms with E-state index in [0.717, 1.165) is 33.3 Å². The van der Waals surface area contributed by atoms with E-state index in [4.69, 9.17) is 16.0 Å². The van der Waals surface area contributed by atoms with E-state index in [1.807, 2.05) is 48.5 Å². The summed E-state index contributed by atoms with van der Waals surface area (Å²) < 4.78 is 6.08.